The first-order valence-electron chi connectivity index (χ1n) is 8.71. The van der Waals surface area contributed by atoms with Gasteiger partial charge in [-0.2, -0.15) is 5.10 Å². The summed E-state index contributed by atoms with van der Waals surface area (Å²) in [7, 11) is 0. The van der Waals surface area contributed by atoms with Crippen LogP contribution in [0.25, 0.3) is 11.3 Å². The summed E-state index contributed by atoms with van der Waals surface area (Å²) >= 11 is 0. The van der Waals surface area contributed by atoms with Crippen molar-refractivity contribution in [3.05, 3.63) is 82.4 Å². The van der Waals surface area contributed by atoms with E-state index in [1.807, 2.05) is 38.1 Å². The van der Waals surface area contributed by atoms with Crippen molar-refractivity contribution in [1.29, 1.82) is 0 Å². The molecule has 0 unspecified atom stereocenters. The van der Waals surface area contributed by atoms with Crippen LogP contribution >= 0.6 is 0 Å². The zero-order chi connectivity index (χ0) is 19.4. The number of hydrogen-bond donors (Lipinski definition) is 1. The lowest BCUT2D eigenvalue weighted by Crippen LogP contribution is -2.34. The summed E-state index contributed by atoms with van der Waals surface area (Å²) in [6, 6.07) is 15.5. The number of carbonyl (C=O) groups excluding carboxylic acids is 1. The fraction of sp³-hybridized carbons (Fsp3) is 0.190. The molecule has 0 fully saturated rings. The minimum absolute atomic E-state index is 0.355. The molecule has 1 heterocycles. The van der Waals surface area contributed by atoms with Crippen LogP contribution in [0.15, 0.2) is 65.5 Å². The van der Waals surface area contributed by atoms with Crippen molar-refractivity contribution in [3.63, 3.8) is 0 Å². The Kier molecular flexibility index (Phi) is 5.45. The Morgan fingerprint density at radius 2 is 1.74 bits per heavy atom. The predicted molar refractivity (Wildman–Crippen MR) is 103 cm³/mol. The van der Waals surface area contributed by atoms with E-state index in [0.717, 1.165) is 11.1 Å². The second-order valence-electron chi connectivity index (χ2n) is 6.29. The number of rotatable bonds is 5. The minimum Gasteiger partial charge on any atom is -0.324 e. The van der Waals surface area contributed by atoms with Gasteiger partial charge in [0.2, 0.25) is 5.91 Å². The van der Waals surface area contributed by atoms with E-state index in [1.54, 1.807) is 6.07 Å². The van der Waals surface area contributed by atoms with E-state index >= 15 is 0 Å². The lowest BCUT2D eigenvalue weighted by Gasteiger charge is -2.17. The second-order valence-corrected chi connectivity index (χ2v) is 6.29. The Hall–Kier alpha value is -3.28. The molecule has 0 aliphatic carbocycles. The summed E-state index contributed by atoms with van der Waals surface area (Å²) in [5.74, 6) is -0.761. The van der Waals surface area contributed by atoms with Gasteiger partial charge in [0.1, 0.15) is 11.9 Å². The van der Waals surface area contributed by atoms with Crippen molar-refractivity contribution in [3.8, 4) is 11.3 Å². The Labute approximate surface area is 156 Å². The molecule has 2 aromatic carbocycles. The molecule has 0 saturated heterocycles. The number of nitrogens with zero attached hydrogens (tertiary/aromatic N) is 2. The molecule has 0 aliphatic heterocycles. The molecule has 0 radical (unpaired) electrons. The number of aromatic nitrogens is 2. The summed E-state index contributed by atoms with van der Waals surface area (Å²) in [6.07, 6.45) is 0.386. The van der Waals surface area contributed by atoms with Crippen molar-refractivity contribution in [1.82, 2.24) is 9.78 Å². The standard InChI is InChI=1S/C21H20FN3O2/c1-3-19(21(27)23-17-10-8-16(22)9-11-17)25-20(26)13-12-18(24-25)15-6-4-14(2)5-7-15/h4-13,19H,3H2,1-2H3,(H,23,27)/t19-/m0/s1. The van der Waals surface area contributed by atoms with Gasteiger partial charge in [-0.05, 0) is 43.7 Å². The number of halogens is 1. The molecule has 6 heteroatoms. The quantitative estimate of drug-likeness (QED) is 0.745. The molecule has 3 rings (SSSR count). The Morgan fingerprint density at radius 3 is 2.37 bits per heavy atom. The van der Waals surface area contributed by atoms with Gasteiger partial charge in [0, 0.05) is 17.3 Å². The van der Waals surface area contributed by atoms with E-state index in [-0.39, 0.29) is 17.3 Å². The first-order chi connectivity index (χ1) is 13.0. The first-order valence-corrected chi connectivity index (χ1v) is 8.71. The van der Waals surface area contributed by atoms with Crippen molar-refractivity contribution in [2.45, 2.75) is 26.3 Å². The Morgan fingerprint density at radius 1 is 1.07 bits per heavy atom. The molecule has 3 aromatic rings. The van der Waals surface area contributed by atoms with Crippen LogP contribution in [0.4, 0.5) is 10.1 Å². The number of aryl methyl sites for hydroxylation is 1. The van der Waals surface area contributed by atoms with Gasteiger partial charge in [-0.3, -0.25) is 9.59 Å². The molecular formula is C21H20FN3O2. The number of carbonyl (C=O) groups is 1. The Balaban J connectivity index is 1.90. The third-order valence-electron chi connectivity index (χ3n) is 4.27. The number of benzene rings is 2. The fourth-order valence-corrected chi connectivity index (χ4v) is 2.76. The van der Waals surface area contributed by atoms with Crippen molar-refractivity contribution in [2.24, 2.45) is 0 Å². The first kappa shape index (κ1) is 18.5. The second kappa shape index (κ2) is 7.95. The maximum Gasteiger partial charge on any atom is 0.267 e. The molecular weight excluding hydrogens is 345 g/mol. The molecule has 0 saturated carbocycles. The van der Waals surface area contributed by atoms with Crippen LogP contribution < -0.4 is 10.9 Å². The molecule has 1 amide bonds. The molecule has 1 aromatic heterocycles. The molecule has 27 heavy (non-hydrogen) atoms. The van der Waals surface area contributed by atoms with Gasteiger partial charge in [-0.25, -0.2) is 9.07 Å². The van der Waals surface area contributed by atoms with E-state index < -0.39 is 6.04 Å². The van der Waals surface area contributed by atoms with Crippen LogP contribution in [0.5, 0.6) is 0 Å². The SMILES string of the molecule is CC[C@@H](C(=O)Nc1ccc(F)cc1)n1nc(-c2ccc(C)cc2)ccc1=O. The average molecular weight is 365 g/mol. The van der Waals surface area contributed by atoms with Crippen LogP contribution in [0.1, 0.15) is 24.9 Å². The number of hydrogen-bond acceptors (Lipinski definition) is 3. The fourth-order valence-electron chi connectivity index (χ4n) is 2.76. The zero-order valence-corrected chi connectivity index (χ0v) is 15.1. The smallest absolute Gasteiger partial charge is 0.267 e. The van der Waals surface area contributed by atoms with E-state index in [0.29, 0.717) is 17.8 Å². The molecule has 5 nitrogen and oxygen atoms in total. The van der Waals surface area contributed by atoms with Gasteiger partial charge >= 0.3 is 0 Å². The lowest BCUT2D eigenvalue weighted by molar-refractivity contribution is -0.119. The van der Waals surface area contributed by atoms with Crippen molar-refractivity contribution in [2.75, 3.05) is 5.32 Å². The molecule has 1 N–H and O–H groups in total. The third kappa shape index (κ3) is 4.28. The highest BCUT2D eigenvalue weighted by Crippen LogP contribution is 2.18. The average Bonchev–Trinajstić information content (AvgIpc) is 2.66. The van der Waals surface area contributed by atoms with Gasteiger partial charge in [0.05, 0.1) is 5.69 Å². The van der Waals surface area contributed by atoms with Crippen LogP contribution in [-0.2, 0) is 4.79 Å². The summed E-state index contributed by atoms with van der Waals surface area (Å²) in [5.41, 5.74) is 2.71. The van der Waals surface area contributed by atoms with Gasteiger partial charge in [0.15, 0.2) is 0 Å². The largest absolute Gasteiger partial charge is 0.324 e. The zero-order valence-electron chi connectivity index (χ0n) is 15.1. The van der Waals surface area contributed by atoms with Crippen LogP contribution in [0.2, 0.25) is 0 Å². The topological polar surface area (TPSA) is 64.0 Å². The number of nitrogens with one attached hydrogen (secondary N) is 1. The Bertz CT molecular complexity index is 995. The van der Waals surface area contributed by atoms with Gasteiger partial charge in [-0.1, -0.05) is 36.8 Å². The number of amides is 1. The molecule has 0 aliphatic rings. The van der Waals surface area contributed by atoms with Gasteiger partial charge in [0.25, 0.3) is 5.56 Å². The molecule has 0 spiro atoms. The van der Waals surface area contributed by atoms with Crippen LogP contribution in [0.3, 0.4) is 0 Å². The highest BCUT2D eigenvalue weighted by molar-refractivity contribution is 5.93. The monoisotopic (exact) mass is 365 g/mol. The summed E-state index contributed by atoms with van der Waals surface area (Å²) in [4.78, 5) is 25.0. The van der Waals surface area contributed by atoms with E-state index in [1.165, 1.54) is 35.0 Å². The molecule has 0 bridgehead atoms. The van der Waals surface area contributed by atoms with E-state index in [9.17, 15) is 14.0 Å². The van der Waals surface area contributed by atoms with Crippen molar-refractivity contribution < 1.29 is 9.18 Å². The maximum absolute atomic E-state index is 13.0. The van der Waals surface area contributed by atoms with E-state index in [2.05, 4.69) is 10.4 Å². The van der Waals surface area contributed by atoms with Gasteiger partial charge < -0.3 is 5.32 Å². The highest BCUT2D eigenvalue weighted by Gasteiger charge is 2.21. The maximum atomic E-state index is 13.0. The molecule has 138 valence electrons. The summed E-state index contributed by atoms with van der Waals surface area (Å²) < 4.78 is 14.2. The predicted octanol–water partition coefficient (Wildman–Crippen LogP) is 3.95. The van der Waals surface area contributed by atoms with Gasteiger partial charge in [-0.15, -0.1) is 0 Å². The van der Waals surface area contributed by atoms with Crippen LogP contribution in [0, 0.1) is 12.7 Å². The summed E-state index contributed by atoms with van der Waals surface area (Å²) in [6.45, 7) is 3.80. The summed E-state index contributed by atoms with van der Waals surface area (Å²) in [5, 5.41) is 7.11. The van der Waals surface area contributed by atoms with Crippen LogP contribution in [-0.4, -0.2) is 15.7 Å². The van der Waals surface area contributed by atoms with E-state index in [4.69, 9.17) is 0 Å². The minimum atomic E-state index is -0.770. The highest BCUT2D eigenvalue weighted by atomic mass is 19.1. The number of anilines is 1. The lowest BCUT2D eigenvalue weighted by atomic mass is 10.1. The third-order valence-corrected chi connectivity index (χ3v) is 4.27. The molecule has 1 atom stereocenters. The normalized spacial score (nSPS) is 11.8. The van der Waals surface area contributed by atoms with Crippen molar-refractivity contribution >= 4 is 11.6 Å².